The Morgan fingerprint density at radius 3 is 2.72 bits per heavy atom. The van der Waals surface area contributed by atoms with Crippen molar-refractivity contribution in [1.82, 2.24) is 15.3 Å². The minimum atomic E-state index is -0.968. The van der Waals surface area contributed by atoms with Gasteiger partial charge >= 0.3 is 5.97 Å². The molecule has 6 nitrogen and oxygen atoms in total. The molecule has 3 N–H and O–H groups in total. The van der Waals surface area contributed by atoms with Crippen molar-refractivity contribution in [3.63, 3.8) is 0 Å². The Labute approximate surface area is 152 Å². The molecule has 0 aliphatic carbocycles. The zero-order valence-corrected chi connectivity index (χ0v) is 14.8. The van der Waals surface area contributed by atoms with E-state index in [1.165, 1.54) is 0 Å². The number of nitrogens with zero attached hydrogens (tertiary/aromatic N) is 1. The first kappa shape index (κ1) is 17.2. The van der Waals surface area contributed by atoms with E-state index in [1.807, 2.05) is 24.3 Å². The van der Waals surface area contributed by atoms with E-state index in [2.05, 4.69) is 31.2 Å². The Balaban J connectivity index is 1.75. The topological polar surface area (TPSA) is 95.1 Å². The Kier molecular flexibility index (Phi) is 5.14. The third-order valence-corrected chi connectivity index (χ3v) is 4.40. The van der Waals surface area contributed by atoms with Crippen LogP contribution in [0.15, 0.2) is 53.3 Å². The summed E-state index contributed by atoms with van der Waals surface area (Å²) < 4.78 is 0.892. The van der Waals surface area contributed by atoms with Crippen LogP contribution in [-0.4, -0.2) is 27.0 Å². The molecule has 1 aromatic carbocycles. The van der Waals surface area contributed by atoms with Crippen LogP contribution in [0.25, 0.3) is 11.0 Å². The molecular formula is C18H16BrN3O3. The molecule has 0 spiro atoms. The smallest absolute Gasteiger partial charge is 0.305 e. The van der Waals surface area contributed by atoms with Gasteiger partial charge in [0, 0.05) is 22.3 Å². The number of carbonyl (C=O) groups excluding carboxylic acids is 1. The van der Waals surface area contributed by atoms with E-state index in [0.717, 1.165) is 26.6 Å². The number of aromatic nitrogens is 2. The number of halogens is 1. The second-order valence-corrected chi connectivity index (χ2v) is 6.58. The molecule has 0 saturated heterocycles. The number of nitrogens with one attached hydrogen (secondary N) is 2. The normalized spacial score (nSPS) is 12.0. The number of carboxylic acids is 1. The summed E-state index contributed by atoms with van der Waals surface area (Å²) in [6.45, 7) is 0. The first-order valence-electron chi connectivity index (χ1n) is 7.70. The van der Waals surface area contributed by atoms with Crippen molar-refractivity contribution in [1.29, 1.82) is 0 Å². The third-order valence-electron chi connectivity index (χ3n) is 3.87. The van der Waals surface area contributed by atoms with Crippen molar-refractivity contribution in [3.8, 4) is 0 Å². The third kappa shape index (κ3) is 4.24. The molecule has 1 atom stereocenters. The lowest BCUT2D eigenvalue weighted by molar-refractivity contribution is -0.137. The first-order chi connectivity index (χ1) is 12.0. The summed E-state index contributed by atoms with van der Waals surface area (Å²) in [5.74, 6) is -1.21. The van der Waals surface area contributed by atoms with Gasteiger partial charge in [-0.15, -0.1) is 0 Å². The largest absolute Gasteiger partial charge is 0.481 e. The van der Waals surface area contributed by atoms with Gasteiger partial charge in [-0.2, -0.15) is 0 Å². The van der Waals surface area contributed by atoms with Gasteiger partial charge in [-0.25, -0.2) is 4.98 Å². The highest BCUT2D eigenvalue weighted by Crippen LogP contribution is 2.21. The van der Waals surface area contributed by atoms with E-state index in [9.17, 15) is 9.59 Å². The molecule has 0 aliphatic heterocycles. The van der Waals surface area contributed by atoms with Gasteiger partial charge in [0.1, 0.15) is 5.65 Å². The molecule has 1 amide bonds. The molecule has 7 heteroatoms. The summed E-state index contributed by atoms with van der Waals surface area (Å²) in [7, 11) is 0. The fourth-order valence-electron chi connectivity index (χ4n) is 2.70. The van der Waals surface area contributed by atoms with Crippen molar-refractivity contribution in [3.05, 3.63) is 64.4 Å². The molecule has 0 radical (unpaired) electrons. The quantitative estimate of drug-likeness (QED) is 0.590. The van der Waals surface area contributed by atoms with Crippen LogP contribution in [0.4, 0.5) is 0 Å². The minimum absolute atomic E-state index is 0.151. The number of rotatable bonds is 6. The van der Waals surface area contributed by atoms with Crippen LogP contribution in [0.2, 0.25) is 0 Å². The van der Waals surface area contributed by atoms with Gasteiger partial charge in [-0.3, -0.25) is 9.59 Å². The number of amides is 1. The summed E-state index contributed by atoms with van der Waals surface area (Å²) in [4.78, 5) is 30.8. The number of fused-ring (bicyclic) bond motifs is 1. The fraction of sp³-hybridized carbons (Fsp3) is 0.167. The van der Waals surface area contributed by atoms with Crippen LogP contribution in [0, 0.1) is 0 Å². The number of aromatic amines is 1. The maximum Gasteiger partial charge on any atom is 0.305 e. The molecule has 0 fully saturated rings. The molecule has 0 saturated carbocycles. The Morgan fingerprint density at radius 2 is 2.00 bits per heavy atom. The van der Waals surface area contributed by atoms with Crippen LogP contribution in [-0.2, 0) is 16.0 Å². The standard InChI is InChI=1S/C18H16BrN3O3/c19-13-5-3-11(4-6-13)15(9-17(24)25)22-16(23)8-12-10-21-18-14(12)2-1-7-20-18/h1-7,10,15H,8-9H2,(H,20,21)(H,22,23)(H,24,25)/t15-/m1/s1. The molecular weight excluding hydrogens is 386 g/mol. The van der Waals surface area contributed by atoms with E-state index >= 15 is 0 Å². The summed E-state index contributed by atoms with van der Waals surface area (Å²) >= 11 is 3.35. The lowest BCUT2D eigenvalue weighted by Crippen LogP contribution is -2.31. The molecule has 0 unspecified atom stereocenters. The maximum atomic E-state index is 12.4. The predicted molar refractivity (Wildman–Crippen MR) is 97.1 cm³/mol. The second kappa shape index (κ2) is 7.48. The summed E-state index contributed by atoms with van der Waals surface area (Å²) in [6, 6.07) is 10.4. The Bertz CT molecular complexity index is 905. The first-order valence-corrected chi connectivity index (χ1v) is 8.50. The van der Waals surface area contributed by atoms with Crippen molar-refractivity contribution >= 4 is 38.8 Å². The number of pyridine rings is 1. The van der Waals surface area contributed by atoms with Crippen LogP contribution in [0.5, 0.6) is 0 Å². The number of H-pyrrole nitrogens is 1. The predicted octanol–water partition coefficient (Wildman–Crippen LogP) is 3.20. The molecule has 25 heavy (non-hydrogen) atoms. The molecule has 0 aliphatic rings. The van der Waals surface area contributed by atoms with E-state index in [-0.39, 0.29) is 18.7 Å². The second-order valence-electron chi connectivity index (χ2n) is 5.66. The zero-order chi connectivity index (χ0) is 17.8. The molecule has 3 rings (SSSR count). The molecule has 128 valence electrons. The van der Waals surface area contributed by atoms with Crippen LogP contribution in [0.1, 0.15) is 23.6 Å². The maximum absolute atomic E-state index is 12.4. The lowest BCUT2D eigenvalue weighted by Gasteiger charge is -2.17. The number of carbonyl (C=O) groups is 2. The van der Waals surface area contributed by atoms with Crippen LogP contribution >= 0.6 is 15.9 Å². The van der Waals surface area contributed by atoms with E-state index < -0.39 is 12.0 Å². The fourth-order valence-corrected chi connectivity index (χ4v) is 2.96. The van der Waals surface area contributed by atoms with Gasteiger partial charge in [0.05, 0.1) is 18.9 Å². The van der Waals surface area contributed by atoms with Crippen molar-refractivity contribution < 1.29 is 14.7 Å². The van der Waals surface area contributed by atoms with E-state index in [4.69, 9.17) is 5.11 Å². The number of hydrogen-bond acceptors (Lipinski definition) is 3. The highest BCUT2D eigenvalue weighted by atomic mass is 79.9. The zero-order valence-electron chi connectivity index (χ0n) is 13.2. The number of benzene rings is 1. The van der Waals surface area contributed by atoms with E-state index in [0.29, 0.717) is 0 Å². The van der Waals surface area contributed by atoms with Gasteiger partial charge in [0.15, 0.2) is 0 Å². The highest BCUT2D eigenvalue weighted by molar-refractivity contribution is 9.10. The Morgan fingerprint density at radius 1 is 1.24 bits per heavy atom. The monoisotopic (exact) mass is 401 g/mol. The van der Waals surface area contributed by atoms with Crippen LogP contribution in [0.3, 0.4) is 0 Å². The summed E-state index contributed by atoms with van der Waals surface area (Å²) in [5, 5.41) is 12.8. The number of hydrogen-bond donors (Lipinski definition) is 3. The van der Waals surface area contributed by atoms with Gasteiger partial charge < -0.3 is 15.4 Å². The summed E-state index contributed by atoms with van der Waals surface area (Å²) in [5.41, 5.74) is 2.30. The van der Waals surface area contributed by atoms with Gasteiger partial charge in [0.25, 0.3) is 0 Å². The van der Waals surface area contributed by atoms with Crippen molar-refractivity contribution in [2.75, 3.05) is 0 Å². The van der Waals surface area contributed by atoms with Gasteiger partial charge in [-0.1, -0.05) is 28.1 Å². The Hall–Kier alpha value is -2.67. The van der Waals surface area contributed by atoms with Gasteiger partial charge in [0.2, 0.25) is 5.91 Å². The van der Waals surface area contributed by atoms with Crippen molar-refractivity contribution in [2.24, 2.45) is 0 Å². The molecule has 3 aromatic rings. The van der Waals surface area contributed by atoms with Crippen LogP contribution < -0.4 is 5.32 Å². The van der Waals surface area contributed by atoms with Gasteiger partial charge in [-0.05, 0) is 35.4 Å². The number of carboxylic acid groups (broad SMARTS) is 1. The highest BCUT2D eigenvalue weighted by Gasteiger charge is 2.19. The molecule has 2 heterocycles. The average molecular weight is 402 g/mol. The van der Waals surface area contributed by atoms with E-state index in [1.54, 1.807) is 24.5 Å². The lowest BCUT2D eigenvalue weighted by atomic mass is 10.0. The SMILES string of the molecule is O=C(O)C[C@@H](NC(=O)Cc1c[nH]c2ncccc12)c1ccc(Br)cc1. The molecule has 0 bridgehead atoms. The average Bonchev–Trinajstić information content (AvgIpc) is 2.98. The summed E-state index contributed by atoms with van der Waals surface area (Å²) in [6.07, 6.45) is 3.41. The minimum Gasteiger partial charge on any atom is -0.481 e. The number of aliphatic carboxylic acids is 1. The molecule has 2 aromatic heterocycles. The van der Waals surface area contributed by atoms with Crippen molar-refractivity contribution in [2.45, 2.75) is 18.9 Å².